The van der Waals surface area contributed by atoms with Crippen molar-refractivity contribution in [2.24, 2.45) is 0 Å². The highest BCUT2D eigenvalue weighted by Gasteiger charge is 2.02. The van der Waals surface area contributed by atoms with E-state index in [0.717, 1.165) is 46.0 Å². The Hall–Kier alpha value is 0.540. The maximum Gasteiger partial charge on any atom is 0.0521 e. The monoisotopic (exact) mass is 378 g/mol. The summed E-state index contributed by atoms with van der Waals surface area (Å²) in [5.74, 6) is 8.37. The van der Waals surface area contributed by atoms with E-state index in [-0.39, 0.29) is 13.2 Å². The average molecular weight is 379 g/mol. The summed E-state index contributed by atoms with van der Waals surface area (Å²) in [6.45, 7) is 0.567. The van der Waals surface area contributed by atoms with Crippen molar-refractivity contribution in [1.82, 2.24) is 0 Å². The third-order valence-electron chi connectivity index (χ3n) is 2.85. The van der Waals surface area contributed by atoms with Crippen LogP contribution in [0.5, 0.6) is 0 Å². The van der Waals surface area contributed by atoms with E-state index in [1.807, 2.05) is 47.0 Å². The lowest BCUT2D eigenvalue weighted by atomic mass is 10.1. The lowest BCUT2D eigenvalue weighted by Crippen LogP contribution is -1.95. The van der Waals surface area contributed by atoms with Gasteiger partial charge in [0.2, 0.25) is 0 Å². The van der Waals surface area contributed by atoms with E-state index in [9.17, 15) is 0 Å². The average Bonchev–Trinajstić information content (AvgIpc) is 2.55. The maximum atomic E-state index is 8.74. The van der Waals surface area contributed by atoms with Crippen LogP contribution in [0.1, 0.15) is 11.1 Å². The third kappa shape index (κ3) is 10.3. The Bertz CT molecular complexity index is 342. The fourth-order valence-corrected chi connectivity index (χ4v) is 5.62. The van der Waals surface area contributed by atoms with Crippen LogP contribution in [0.3, 0.4) is 0 Å². The molecule has 0 radical (unpaired) electrons. The van der Waals surface area contributed by atoms with Gasteiger partial charge in [-0.05, 0) is 11.1 Å². The standard InChI is InChI=1S/C16H26O2S4/c17-5-7-19-9-11-21-13-15-3-1-2-4-16(15)14-22-12-10-20-8-6-18/h1-4,17-18H,5-14H2. The Balaban J connectivity index is 2.20. The van der Waals surface area contributed by atoms with Crippen LogP contribution in [-0.2, 0) is 11.5 Å². The molecule has 0 aliphatic rings. The van der Waals surface area contributed by atoms with Gasteiger partial charge >= 0.3 is 0 Å². The highest BCUT2D eigenvalue weighted by molar-refractivity contribution is 8.03. The minimum atomic E-state index is 0.284. The number of aliphatic hydroxyl groups is 2. The SMILES string of the molecule is OCCSCCSCc1ccccc1CSCCSCCO. The molecular formula is C16H26O2S4. The molecule has 0 saturated heterocycles. The molecule has 0 amide bonds. The van der Waals surface area contributed by atoms with E-state index >= 15 is 0 Å². The molecule has 0 atom stereocenters. The van der Waals surface area contributed by atoms with Gasteiger partial charge in [0.1, 0.15) is 0 Å². The zero-order chi connectivity index (χ0) is 15.9. The summed E-state index contributed by atoms with van der Waals surface area (Å²) in [7, 11) is 0. The van der Waals surface area contributed by atoms with Crippen molar-refractivity contribution in [2.75, 3.05) is 47.7 Å². The van der Waals surface area contributed by atoms with Crippen LogP contribution in [-0.4, -0.2) is 57.9 Å². The molecule has 0 aliphatic heterocycles. The smallest absolute Gasteiger partial charge is 0.0521 e. The summed E-state index contributed by atoms with van der Waals surface area (Å²) >= 11 is 7.60. The Morgan fingerprint density at radius 3 is 1.41 bits per heavy atom. The molecule has 0 aromatic heterocycles. The predicted octanol–water partition coefficient (Wildman–Crippen LogP) is 3.60. The summed E-state index contributed by atoms with van der Waals surface area (Å²) in [6.07, 6.45) is 0. The van der Waals surface area contributed by atoms with Gasteiger partial charge in [-0.2, -0.15) is 47.0 Å². The number of thioether (sulfide) groups is 4. The highest BCUT2D eigenvalue weighted by Crippen LogP contribution is 2.22. The van der Waals surface area contributed by atoms with E-state index < -0.39 is 0 Å². The number of benzene rings is 1. The molecule has 6 heteroatoms. The van der Waals surface area contributed by atoms with Gasteiger partial charge in [0.05, 0.1) is 13.2 Å². The van der Waals surface area contributed by atoms with Crippen LogP contribution in [0, 0.1) is 0 Å². The second kappa shape index (κ2) is 15.1. The maximum absolute atomic E-state index is 8.74. The van der Waals surface area contributed by atoms with Gasteiger partial charge in [-0.1, -0.05) is 24.3 Å². The normalized spacial score (nSPS) is 11.0. The highest BCUT2D eigenvalue weighted by atomic mass is 32.2. The number of aliphatic hydroxyl groups excluding tert-OH is 2. The first-order valence-electron chi connectivity index (χ1n) is 7.48. The molecule has 1 rings (SSSR count). The lowest BCUT2D eigenvalue weighted by Gasteiger charge is -2.09. The van der Waals surface area contributed by atoms with Crippen LogP contribution < -0.4 is 0 Å². The van der Waals surface area contributed by atoms with Crippen molar-refractivity contribution in [3.63, 3.8) is 0 Å². The summed E-state index contributed by atoms with van der Waals surface area (Å²) in [5.41, 5.74) is 2.91. The first-order chi connectivity index (χ1) is 10.9. The molecule has 0 fully saturated rings. The number of rotatable bonds is 14. The third-order valence-corrected chi connectivity index (χ3v) is 7.31. The summed E-state index contributed by atoms with van der Waals surface area (Å²) in [4.78, 5) is 0. The fraction of sp³-hybridized carbons (Fsp3) is 0.625. The van der Waals surface area contributed by atoms with Crippen LogP contribution in [0.2, 0.25) is 0 Å². The first-order valence-corrected chi connectivity index (χ1v) is 12.1. The van der Waals surface area contributed by atoms with Gasteiger partial charge < -0.3 is 10.2 Å². The molecule has 0 heterocycles. The van der Waals surface area contributed by atoms with Crippen LogP contribution in [0.25, 0.3) is 0 Å². The summed E-state index contributed by atoms with van der Waals surface area (Å²) in [6, 6.07) is 8.73. The first kappa shape index (κ1) is 20.6. The molecule has 0 bridgehead atoms. The van der Waals surface area contributed by atoms with Crippen LogP contribution in [0.4, 0.5) is 0 Å². The summed E-state index contributed by atoms with van der Waals surface area (Å²) < 4.78 is 0. The van der Waals surface area contributed by atoms with Gasteiger partial charge in [0, 0.05) is 46.0 Å². The second-order valence-electron chi connectivity index (χ2n) is 4.55. The van der Waals surface area contributed by atoms with E-state index in [1.165, 1.54) is 11.1 Å². The molecule has 1 aromatic rings. The van der Waals surface area contributed by atoms with Crippen molar-refractivity contribution in [3.8, 4) is 0 Å². The molecule has 0 unspecified atom stereocenters. The Labute approximate surface area is 151 Å². The van der Waals surface area contributed by atoms with Crippen LogP contribution >= 0.6 is 47.0 Å². The fourth-order valence-electron chi connectivity index (χ4n) is 1.77. The molecule has 1 aromatic carbocycles. The van der Waals surface area contributed by atoms with Gasteiger partial charge in [-0.3, -0.25) is 0 Å². The molecule has 0 spiro atoms. The minimum Gasteiger partial charge on any atom is -0.396 e. The zero-order valence-corrected chi connectivity index (χ0v) is 16.2. The van der Waals surface area contributed by atoms with E-state index in [0.29, 0.717) is 0 Å². The van der Waals surface area contributed by atoms with Crippen molar-refractivity contribution >= 4 is 47.0 Å². The second-order valence-corrected chi connectivity index (χ2v) is 9.21. The Kier molecular flexibility index (Phi) is 14.1. The molecule has 2 nitrogen and oxygen atoms in total. The van der Waals surface area contributed by atoms with E-state index in [2.05, 4.69) is 24.3 Å². The number of hydrogen-bond acceptors (Lipinski definition) is 6. The van der Waals surface area contributed by atoms with Crippen molar-refractivity contribution < 1.29 is 10.2 Å². The molecule has 0 aliphatic carbocycles. The van der Waals surface area contributed by atoms with Gasteiger partial charge in [0.15, 0.2) is 0 Å². The van der Waals surface area contributed by atoms with E-state index in [4.69, 9.17) is 10.2 Å². The van der Waals surface area contributed by atoms with Crippen molar-refractivity contribution in [1.29, 1.82) is 0 Å². The molecule has 2 N–H and O–H groups in total. The zero-order valence-electron chi connectivity index (χ0n) is 12.9. The minimum absolute atomic E-state index is 0.284. The van der Waals surface area contributed by atoms with Crippen LogP contribution in [0.15, 0.2) is 24.3 Å². The largest absolute Gasteiger partial charge is 0.396 e. The summed E-state index contributed by atoms with van der Waals surface area (Å²) in [5, 5.41) is 17.5. The quantitative estimate of drug-likeness (QED) is 0.482. The van der Waals surface area contributed by atoms with Crippen molar-refractivity contribution in [3.05, 3.63) is 35.4 Å². The Morgan fingerprint density at radius 1 is 0.591 bits per heavy atom. The predicted molar refractivity (Wildman–Crippen MR) is 108 cm³/mol. The van der Waals surface area contributed by atoms with Gasteiger partial charge in [-0.15, -0.1) is 0 Å². The molecule has 22 heavy (non-hydrogen) atoms. The molecular weight excluding hydrogens is 352 g/mol. The molecule has 126 valence electrons. The van der Waals surface area contributed by atoms with E-state index in [1.54, 1.807) is 0 Å². The van der Waals surface area contributed by atoms with Gasteiger partial charge in [-0.25, -0.2) is 0 Å². The van der Waals surface area contributed by atoms with Crippen molar-refractivity contribution in [2.45, 2.75) is 11.5 Å². The lowest BCUT2D eigenvalue weighted by molar-refractivity contribution is 0.322. The topological polar surface area (TPSA) is 40.5 Å². The van der Waals surface area contributed by atoms with Gasteiger partial charge in [0.25, 0.3) is 0 Å². The Morgan fingerprint density at radius 2 is 1.00 bits per heavy atom. The number of hydrogen-bond donors (Lipinski definition) is 2. The molecule has 0 saturated carbocycles.